The van der Waals surface area contributed by atoms with Crippen LogP contribution in [0.2, 0.25) is 0 Å². The lowest BCUT2D eigenvalue weighted by Gasteiger charge is -2.40. The fraction of sp³-hybridized carbons (Fsp3) is 0.688. The van der Waals surface area contributed by atoms with Gasteiger partial charge in [-0.1, -0.05) is 0 Å². The van der Waals surface area contributed by atoms with Crippen LogP contribution in [0.1, 0.15) is 6.42 Å². The number of hydrogen-bond donors (Lipinski definition) is 0. The van der Waals surface area contributed by atoms with Crippen LogP contribution in [0.4, 0.5) is 0 Å². The van der Waals surface area contributed by atoms with Gasteiger partial charge in [0.05, 0.1) is 12.7 Å². The van der Waals surface area contributed by atoms with Gasteiger partial charge in [0.1, 0.15) is 4.90 Å². The predicted molar refractivity (Wildman–Crippen MR) is 89.1 cm³/mol. The van der Waals surface area contributed by atoms with Crippen LogP contribution in [0.3, 0.4) is 0 Å². The number of nitrogens with zero attached hydrogens (tertiary/aromatic N) is 3. The minimum Gasteiger partial charge on any atom is -0.383 e. The van der Waals surface area contributed by atoms with Crippen LogP contribution in [0, 0.1) is 5.92 Å². The Morgan fingerprint density at radius 1 is 1.33 bits per heavy atom. The molecular weight excluding hydrogens is 330 g/mol. The molecule has 0 amide bonds. The zero-order valence-corrected chi connectivity index (χ0v) is 15.0. The standard InChI is InChI=1S/C16H25N3O4S/c1-22-9-8-18-11-14-15(12-18)19(7-5-16(14)23-2)24(20,21)13-4-3-6-17-10-13/h3-4,6,10,14-16H,5,7-9,11-12H2,1-2H3/t14-,15+,16+/m1/s1. The number of aromatic nitrogens is 1. The van der Waals surface area contributed by atoms with Gasteiger partial charge in [-0.2, -0.15) is 4.31 Å². The first-order chi connectivity index (χ1) is 11.6. The predicted octanol–water partition coefficient (Wildman–Crippen LogP) is 0.438. The van der Waals surface area contributed by atoms with Gasteiger partial charge in [-0.25, -0.2) is 8.42 Å². The summed E-state index contributed by atoms with van der Waals surface area (Å²) < 4.78 is 38.5. The summed E-state index contributed by atoms with van der Waals surface area (Å²) in [5, 5.41) is 0. The van der Waals surface area contributed by atoms with Crippen molar-refractivity contribution in [2.45, 2.75) is 23.5 Å². The van der Waals surface area contributed by atoms with Gasteiger partial charge in [0.25, 0.3) is 0 Å². The van der Waals surface area contributed by atoms with E-state index in [4.69, 9.17) is 9.47 Å². The topological polar surface area (TPSA) is 72.0 Å². The van der Waals surface area contributed by atoms with E-state index >= 15 is 0 Å². The number of rotatable bonds is 6. The van der Waals surface area contributed by atoms with Gasteiger partial charge in [-0.3, -0.25) is 9.88 Å². The average Bonchev–Trinajstić information content (AvgIpc) is 3.03. The van der Waals surface area contributed by atoms with E-state index in [1.54, 1.807) is 36.9 Å². The van der Waals surface area contributed by atoms with Crippen LogP contribution in [-0.2, 0) is 19.5 Å². The molecule has 2 saturated heterocycles. The highest BCUT2D eigenvalue weighted by atomic mass is 32.2. The average molecular weight is 355 g/mol. The van der Waals surface area contributed by atoms with Crippen LogP contribution in [0.5, 0.6) is 0 Å². The number of hydrogen-bond acceptors (Lipinski definition) is 6. The van der Waals surface area contributed by atoms with Crippen molar-refractivity contribution in [3.8, 4) is 0 Å². The van der Waals surface area contributed by atoms with Gasteiger partial charge in [0.2, 0.25) is 10.0 Å². The molecule has 2 aliphatic heterocycles. The minimum atomic E-state index is -3.53. The molecule has 0 saturated carbocycles. The van der Waals surface area contributed by atoms with Crippen LogP contribution < -0.4 is 0 Å². The summed E-state index contributed by atoms with van der Waals surface area (Å²) in [7, 11) is -0.141. The number of fused-ring (bicyclic) bond motifs is 1. The molecule has 3 rings (SSSR count). The van der Waals surface area contributed by atoms with Crippen LogP contribution in [-0.4, -0.2) is 81.8 Å². The summed E-state index contributed by atoms with van der Waals surface area (Å²) in [6.07, 6.45) is 3.82. The summed E-state index contributed by atoms with van der Waals surface area (Å²) in [6.45, 7) is 3.49. The lowest BCUT2D eigenvalue weighted by atomic mass is 9.91. The van der Waals surface area contributed by atoms with Crippen molar-refractivity contribution >= 4 is 10.0 Å². The molecule has 0 radical (unpaired) electrons. The molecule has 0 aliphatic carbocycles. The van der Waals surface area contributed by atoms with Crippen molar-refractivity contribution in [3.05, 3.63) is 24.5 Å². The second-order valence-corrected chi connectivity index (χ2v) is 8.24. The molecule has 7 nitrogen and oxygen atoms in total. The third-order valence-corrected chi connectivity index (χ3v) is 6.95. The van der Waals surface area contributed by atoms with E-state index in [1.807, 2.05) is 0 Å². The maximum Gasteiger partial charge on any atom is 0.244 e. The van der Waals surface area contributed by atoms with E-state index in [0.29, 0.717) is 19.7 Å². The van der Waals surface area contributed by atoms with Crippen molar-refractivity contribution in [2.24, 2.45) is 5.92 Å². The molecule has 3 atom stereocenters. The van der Waals surface area contributed by atoms with Crippen LogP contribution in [0.15, 0.2) is 29.4 Å². The zero-order chi connectivity index (χ0) is 17.2. The molecule has 0 N–H and O–H groups in total. The maximum absolute atomic E-state index is 13.0. The highest BCUT2D eigenvalue weighted by Crippen LogP contribution is 2.35. The van der Waals surface area contributed by atoms with Crippen molar-refractivity contribution < 1.29 is 17.9 Å². The first kappa shape index (κ1) is 17.8. The molecule has 0 bridgehead atoms. The number of piperidine rings is 1. The summed E-state index contributed by atoms with van der Waals surface area (Å²) in [5.74, 6) is 0.187. The summed E-state index contributed by atoms with van der Waals surface area (Å²) >= 11 is 0. The van der Waals surface area contributed by atoms with Gasteiger partial charge >= 0.3 is 0 Å². The summed E-state index contributed by atoms with van der Waals surface area (Å²) in [4.78, 5) is 6.49. The van der Waals surface area contributed by atoms with Crippen LogP contribution >= 0.6 is 0 Å². The third kappa shape index (κ3) is 3.34. The van der Waals surface area contributed by atoms with Gasteiger partial charge in [0, 0.05) is 64.8 Å². The first-order valence-corrected chi connectivity index (χ1v) is 9.68. The van der Waals surface area contributed by atoms with E-state index in [1.165, 1.54) is 6.20 Å². The van der Waals surface area contributed by atoms with Gasteiger partial charge in [-0.05, 0) is 18.6 Å². The third-order valence-electron chi connectivity index (χ3n) is 5.05. The number of methoxy groups -OCH3 is 2. The van der Waals surface area contributed by atoms with E-state index in [9.17, 15) is 8.42 Å². The van der Waals surface area contributed by atoms with Crippen molar-refractivity contribution in [1.29, 1.82) is 0 Å². The maximum atomic E-state index is 13.0. The number of sulfonamides is 1. The largest absolute Gasteiger partial charge is 0.383 e. The van der Waals surface area contributed by atoms with Gasteiger partial charge in [-0.15, -0.1) is 0 Å². The summed E-state index contributed by atoms with van der Waals surface area (Å²) in [5.41, 5.74) is 0. The van der Waals surface area contributed by atoms with E-state index in [-0.39, 0.29) is 23.0 Å². The Kier molecular flexibility index (Phi) is 5.51. The normalized spacial score (nSPS) is 28.8. The number of pyridine rings is 1. The smallest absolute Gasteiger partial charge is 0.244 e. The second-order valence-electron chi connectivity index (χ2n) is 6.35. The van der Waals surface area contributed by atoms with E-state index < -0.39 is 10.0 Å². The summed E-state index contributed by atoms with van der Waals surface area (Å²) in [6, 6.07) is 3.20. The fourth-order valence-corrected chi connectivity index (χ4v) is 5.47. The van der Waals surface area contributed by atoms with E-state index in [0.717, 1.165) is 19.5 Å². The Balaban J connectivity index is 1.84. The molecule has 3 heterocycles. The quantitative estimate of drug-likeness (QED) is 0.737. The molecule has 134 valence electrons. The zero-order valence-electron chi connectivity index (χ0n) is 14.2. The molecule has 0 unspecified atom stereocenters. The van der Waals surface area contributed by atoms with Gasteiger partial charge < -0.3 is 9.47 Å². The SMILES string of the molecule is COCCN1C[C@H]2[C@@H](OC)CCN(S(=O)(=O)c3cccnc3)[C@H]2C1. The molecule has 8 heteroatoms. The Morgan fingerprint density at radius 3 is 2.83 bits per heavy atom. The monoisotopic (exact) mass is 355 g/mol. The Bertz CT molecular complexity index is 640. The Labute approximate surface area is 143 Å². The molecule has 0 spiro atoms. The highest BCUT2D eigenvalue weighted by Gasteiger charge is 2.48. The number of ether oxygens (including phenoxy) is 2. The lowest BCUT2D eigenvalue weighted by molar-refractivity contribution is 0.00217. The number of likely N-dealkylation sites (tertiary alicyclic amines) is 1. The van der Waals surface area contributed by atoms with E-state index in [2.05, 4.69) is 9.88 Å². The minimum absolute atomic E-state index is 0.0641. The molecule has 1 aromatic heterocycles. The van der Waals surface area contributed by atoms with Crippen molar-refractivity contribution in [2.75, 3.05) is 47.0 Å². The van der Waals surface area contributed by atoms with Crippen molar-refractivity contribution in [3.63, 3.8) is 0 Å². The highest BCUT2D eigenvalue weighted by molar-refractivity contribution is 7.89. The molecule has 24 heavy (non-hydrogen) atoms. The molecule has 0 aromatic carbocycles. The van der Waals surface area contributed by atoms with Crippen molar-refractivity contribution in [1.82, 2.24) is 14.2 Å². The first-order valence-electron chi connectivity index (χ1n) is 8.24. The second kappa shape index (κ2) is 7.45. The van der Waals surface area contributed by atoms with Crippen LogP contribution in [0.25, 0.3) is 0 Å². The Hall–Kier alpha value is -1.06. The molecule has 1 aromatic rings. The molecular formula is C16H25N3O4S. The Morgan fingerprint density at radius 2 is 2.17 bits per heavy atom. The molecule has 2 fully saturated rings. The lowest BCUT2D eigenvalue weighted by Crippen LogP contribution is -2.53. The fourth-order valence-electron chi connectivity index (χ4n) is 3.83. The molecule has 2 aliphatic rings. The van der Waals surface area contributed by atoms with Gasteiger partial charge in [0.15, 0.2) is 0 Å².